The lowest BCUT2D eigenvalue weighted by Gasteiger charge is -2.40. The molecule has 4 rings (SSSR count). The van der Waals surface area contributed by atoms with Crippen molar-refractivity contribution in [2.24, 2.45) is 0 Å². The molecule has 4 nitrogen and oxygen atoms in total. The van der Waals surface area contributed by atoms with E-state index in [1.54, 1.807) is 7.11 Å². The molecule has 1 saturated carbocycles. The van der Waals surface area contributed by atoms with Crippen LogP contribution in [0.4, 0.5) is 0 Å². The van der Waals surface area contributed by atoms with Crippen molar-refractivity contribution >= 4 is 0 Å². The first-order chi connectivity index (χ1) is 10.8. The Kier molecular flexibility index (Phi) is 3.62. The average Bonchev–Trinajstić information content (AvgIpc) is 3.24. The Bertz CT molecular complexity index is 628. The normalized spacial score (nSPS) is 22.7. The molecule has 1 aliphatic heterocycles. The van der Waals surface area contributed by atoms with E-state index in [0.29, 0.717) is 12.1 Å². The highest BCUT2D eigenvalue weighted by Gasteiger charge is 2.34. The molecule has 0 amide bonds. The maximum Gasteiger partial charge on any atom is 0.122 e. The van der Waals surface area contributed by atoms with E-state index in [1.807, 2.05) is 6.20 Å². The molecule has 22 heavy (non-hydrogen) atoms. The SMILES string of the molecule is COc1ccc(C2Cn3ccnc3CN2C2CCCC2)cc1. The molecular weight excluding hydrogens is 274 g/mol. The molecule has 2 aromatic rings. The van der Waals surface area contributed by atoms with Crippen LogP contribution >= 0.6 is 0 Å². The molecule has 4 heteroatoms. The molecule has 1 aromatic heterocycles. The molecule has 0 bridgehead atoms. The minimum absolute atomic E-state index is 0.440. The highest BCUT2D eigenvalue weighted by Crippen LogP contribution is 2.36. The molecule has 2 heterocycles. The van der Waals surface area contributed by atoms with Crippen LogP contribution in [0.2, 0.25) is 0 Å². The zero-order valence-corrected chi connectivity index (χ0v) is 13.1. The van der Waals surface area contributed by atoms with Gasteiger partial charge < -0.3 is 9.30 Å². The van der Waals surface area contributed by atoms with E-state index in [1.165, 1.54) is 37.1 Å². The van der Waals surface area contributed by atoms with Crippen LogP contribution in [0.15, 0.2) is 36.7 Å². The van der Waals surface area contributed by atoms with Gasteiger partial charge in [-0.3, -0.25) is 4.90 Å². The van der Waals surface area contributed by atoms with Gasteiger partial charge in [0.15, 0.2) is 0 Å². The molecule has 2 aliphatic rings. The van der Waals surface area contributed by atoms with Crippen molar-refractivity contribution in [1.29, 1.82) is 0 Å². The van der Waals surface area contributed by atoms with Crippen molar-refractivity contribution in [2.75, 3.05) is 7.11 Å². The Morgan fingerprint density at radius 2 is 1.91 bits per heavy atom. The Morgan fingerprint density at radius 1 is 1.14 bits per heavy atom. The molecule has 0 radical (unpaired) electrons. The second-order valence-electron chi connectivity index (χ2n) is 6.40. The number of methoxy groups -OCH3 is 1. The van der Waals surface area contributed by atoms with Crippen molar-refractivity contribution in [1.82, 2.24) is 14.5 Å². The van der Waals surface area contributed by atoms with Gasteiger partial charge in [0.1, 0.15) is 11.6 Å². The number of nitrogens with zero attached hydrogens (tertiary/aromatic N) is 3. The van der Waals surface area contributed by atoms with E-state index in [9.17, 15) is 0 Å². The summed E-state index contributed by atoms with van der Waals surface area (Å²) in [4.78, 5) is 7.21. The molecule has 0 N–H and O–H groups in total. The van der Waals surface area contributed by atoms with E-state index in [4.69, 9.17) is 4.74 Å². The number of rotatable bonds is 3. The van der Waals surface area contributed by atoms with Crippen molar-refractivity contribution in [3.8, 4) is 5.75 Å². The van der Waals surface area contributed by atoms with E-state index < -0.39 is 0 Å². The van der Waals surface area contributed by atoms with Crippen molar-refractivity contribution in [2.45, 2.75) is 50.9 Å². The smallest absolute Gasteiger partial charge is 0.122 e. The first-order valence-electron chi connectivity index (χ1n) is 8.25. The Balaban J connectivity index is 1.66. The molecule has 1 aromatic carbocycles. The number of benzene rings is 1. The molecule has 1 aliphatic carbocycles. The van der Waals surface area contributed by atoms with E-state index in [2.05, 4.69) is 44.9 Å². The first kappa shape index (κ1) is 13.8. The fraction of sp³-hybridized carbons (Fsp3) is 0.500. The van der Waals surface area contributed by atoms with Gasteiger partial charge in [0.05, 0.1) is 19.7 Å². The van der Waals surface area contributed by atoms with Gasteiger partial charge in [0.2, 0.25) is 0 Å². The standard InChI is InChI=1S/C18H23N3O/c1-22-16-8-6-14(7-9-16)17-12-20-11-10-19-18(20)13-21(17)15-4-2-3-5-15/h6-11,15,17H,2-5,12-13H2,1H3. The molecule has 1 unspecified atom stereocenters. The summed E-state index contributed by atoms with van der Waals surface area (Å²) in [5.74, 6) is 2.13. The summed E-state index contributed by atoms with van der Waals surface area (Å²) in [7, 11) is 1.72. The molecule has 1 atom stereocenters. The number of imidazole rings is 1. The molecule has 0 spiro atoms. The van der Waals surface area contributed by atoms with E-state index >= 15 is 0 Å². The second-order valence-corrected chi connectivity index (χ2v) is 6.40. The highest BCUT2D eigenvalue weighted by molar-refractivity contribution is 5.30. The van der Waals surface area contributed by atoms with Crippen LogP contribution in [0.3, 0.4) is 0 Å². The largest absolute Gasteiger partial charge is 0.497 e. The van der Waals surface area contributed by atoms with Gasteiger partial charge in [-0.1, -0.05) is 25.0 Å². The van der Waals surface area contributed by atoms with Gasteiger partial charge in [-0.25, -0.2) is 4.98 Å². The summed E-state index contributed by atoms with van der Waals surface area (Å²) in [6, 6.07) is 9.73. The maximum atomic E-state index is 5.30. The predicted octanol–water partition coefficient (Wildman–Crippen LogP) is 3.39. The summed E-state index contributed by atoms with van der Waals surface area (Å²) < 4.78 is 7.60. The monoisotopic (exact) mass is 297 g/mol. The summed E-state index contributed by atoms with van der Waals surface area (Å²) in [5.41, 5.74) is 1.38. The molecule has 0 saturated heterocycles. The highest BCUT2D eigenvalue weighted by atomic mass is 16.5. The van der Waals surface area contributed by atoms with Crippen LogP contribution in [0.1, 0.15) is 43.1 Å². The lowest BCUT2D eigenvalue weighted by Crippen LogP contribution is -2.42. The van der Waals surface area contributed by atoms with Crippen molar-refractivity contribution < 1.29 is 4.74 Å². The molecule has 1 fully saturated rings. The second kappa shape index (κ2) is 5.76. The van der Waals surface area contributed by atoms with E-state index in [-0.39, 0.29) is 0 Å². The third kappa shape index (κ3) is 2.41. The van der Waals surface area contributed by atoms with Gasteiger partial charge >= 0.3 is 0 Å². The minimum atomic E-state index is 0.440. The van der Waals surface area contributed by atoms with Crippen LogP contribution in [-0.2, 0) is 13.1 Å². The fourth-order valence-corrected chi connectivity index (χ4v) is 3.97. The van der Waals surface area contributed by atoms with Crippen LogP contribution in [0, 0.1) is 0 Å². The summed E-state index contributed by atoms with van der Waals surface area (Å²) >= 11 is 0. The van der Waals surface area contributed by atoms with Gasteiger partial charge in [-0.05, 0) is 30.5 Å². The number of aromatic nitrogens is 2. The summed E-state index contributed by atoms with van der Waals surface area (Å²) in [6.45, 7) is 1.96. The van der Waals surface area contributed by atoms with Crippen molar-refractivity contribution in [3.63, 3.8) is 0 Å². The first-order valence-corrected chi connectivity index (χ1v) is 8.25. The lowest BCUT2D eigenvalue weighted by atomic mass is 10.00. The van der Waals surface area contributed by atoms with Gasteiger partial charge in [0.25, 0.3) is 0 Å². The number of hydrogen-bond acceptors (Lipinski definition) is 3. The lowest BCUT2D eigenvalue weighted by molar-refractivity contribution is 0.0857. The fourth-order valence-electron chi connectivity index (χ4n) is 3.97. The predicted molar refractivity (Wildman–Crippen MR) is 85.8 cm³/mol. The summed E-state index contributed by atoms with van der Waals surface area (Å²) in [6.07, 6.45) is 9.42. The number of hydrogen-bond donors (Lipinski definition) is 0. The maximum absolute atomic E-state index is 5.30. The quantitative estimate of drug-likeness (QED) is 0.870. The van der Waals surface area contributed by atoms with Crippen molar-refractivity contribution in [3.05, 3.63) is 48.0 Å². The van der Waals surface area contributed by atoms with Crippen LogP contribution in [0.5, 0.6) is 5.75 Å². The third-order valence-corrected chi connectivity index (χ3v) is 5.19. The Hall–Kier alpha value is -1.81. The Labute approximate surface area is 131 Å². The topological polar surface area (TPSA) is 30.3 Å². The van der Waals surface area contributed by atoms with Crippen LogP contribution < -0.4 is 4.74 Å². The molecule has 116 valence electrons. The van der Waals surface area contributed by atoms with Crippen LogP contribution in [-0.4, -0.2) is 27.6 Å². The number of ether oxygens (including phenoxy) is 1. The zero-order valence-electron chi connectivity index (χ0n) is 13.1. The van der Waals surface area contributed by atoms with Gasteiger partial charge in [-0.2, -0.15) is 0 Å². The van der Waals surface area contributed by atoms with Crippen LogP contribution in [0.25, 0.3) is 0 Å². The Morgan fingerprint density at radius 3 is 2.64 bits per heavy atom. The van der Waals surface area contributed by atoms with Gasteiger partial charge in [0, 0.05) is 25.0 Å². The zero-order chi connectivity index (χ0) is 14.9. The molecular formula is C18H23N3O. The number of fused-ring (bicyclic) bond motifs is 1. The average molecular weight is 297 g/mol. The van der Waals surface area contributed by atoms with Gasteiger partial charge in [-0.15, -0.1) is 0 Å². The third-order valence-electron chi connectivity index (χ3n) is 5.19. The summed E-state index contributed by atoms with van der Waals surface area (Å²) in [5, 5.41) is 0. The van der Waals surface area contributed by atoms with E-state index in [0.717, 1.165) is 18.8 Å². The minimum Gasteiger partial charge on any atom is -0.497 e.